The smallest absolute Gasteiger partial charge is 0.326 e. The number of carboxylic acid groups (broad SMARTS) is 1. The number of likely N-dealkylation sites (tertiary alicyclic amines) is 2. The molecule has 19 N–H and O–H groups in total. The van der Waals surface area contributed by atoms with Crippen LogP contribution in [0.25, 0.3) is 0 Å². The molecule has 0 spiro atoms. The standard InChI is InChI=1S/C43H75N13O14S/c1-23(58)34(54-37(63)29(22-57)53-35(61)24(46)15-20-71-2)40(66)52-28(21-33(48)60)42(68)56-19-8-12-31(56)39(65)50-26(9-3-5-16-44)41(67)55-18-7-11-30(55)38(64)49-25(13-14-32(47)59)36(62)51-27(43(69)70)10-4-6-17-45/h23-31,34,57-58H,3-22,44-46H2,1-2H3,(H2,47,59)(H2,48,60)(H,49,64)(H,50,65)(H,51,62)(H,52,66)(H,53,61)(H,54,63)(H,69,70)/t23-,24+,25+,26+,27+,28+,29+,30+,31+,34+/m1/s1. The van der Waals surface area contributed by atoms with Crippen LogP contribution in [0.15, 0.2) is 0 Å². The average molecular weight is 1030 g/mol. The minimum Gasteiger partial charge on any atom is -0.480 e. The predicted octanol–water partition coefficient (Wildman–Crippen LogP) is -6.19. The number of hydrogen-bond acceptors (Lipinski definition) is 17. The maximum Gasteiger partial charge on any atom is 0.326 e. The Hall–Kier alpha value is -5.68. The Balaban J connectivity index is 2.31. The number of unbranched alkanes of at least 4 members (excludes halogenated alkanes) is 2. The number of hydrogen-bond donors (Lipinski definition) is 14. The lowest BCUT2D eigenvalue weighted by Crippen LogP contribution is -2.62. The second kappa shape index (κ2) is 31.6. The van der Waals surface area contributed by atoms with Gasteiger partial charge < -0.3 is 85.7 Å². The van der Waals surface area contributed by atoms with Gasteiger partial charge in [-0.2, -0.15) is 11.8 Å². The summed E-state index contributed by atoms with van der Waals surface area (Å²) in [6.07, 6.45) is 1.66. The molecule has 0 aromatic carbocycles. The SMILES string of the molecule is CSCC[C@H](N)C(=O)N[C@@H](CO)C(=O)N[C@H](C(=O)N[C@@H](CC(N)=O)C(=O)N1CCC[C@H]1C(=O)N[C@@H](CCCCN)C(=O)N1CCC[C@H]1C(=O)N[C@@H](CCC(N)=O)C(=O)N[C@@H](CCCCN)C(=O)O)[C@@H](C)O. The molecule has 10 amide bonds. The largest absolute Gasteiger partial charge is 0.480 e. The molecule has 2 heterocycles. The fraction of sp³-hybridized carbons (Fsp3) is 0.744. The fourth-order valence-corrected chi connectivity index (χ4v) is 8.53. The number of nitrogens with zero attached hydrogens (tertiary/aromatic N) is 2. The van der Waals surface area contributed by atoms with Crippen molar-refractivity contribution in [2.45, 2.75) is 157 Å². The zero-order chi connectivity index (χ0) is 53.4. The van der Waals surface area contributed by atoms with Crippen molar-refractivity contribution in [3.05, 3.63) is 0 Å². The lowest BCUT2D eigenvalue weighted by atomic mass is 10.0. The van der Waals surface area contributed by atoms with Gasteiger partial charge in [-0.15, -0.1) is 0 Å². The Labute approximate surface area is 416 Å². The third-order valence-corrected chi connectivity index (χ3v) is 12.6. The lowest BCUT2D eigenvalue weighted by Gasteiger charge is -2.32. The summed E-state index contributed by atoms with van der Waals surface area (Å²) < 4.78 is 0. The Bertz CT molecular complexity index is 1860. The quantitative estimate of drug-likeness (QED) is 0.0272. The van der Waals surface area contributed by atoms with Crippen LogP contribution >= 0.6 is 11.8 Å². The number of aliphatic hydroxyl groups excluding tert-OH is 2. The number of thioether (sulfide) groups is 1. The molecule has 10 atom stereocenters. The number of aliphatic hydroxyl groups is 2. The van der Waals surface area contributed by atoms with Gasteiger partial charge in [-0.1, -0.05) is 0 Å². The van der Waals surface area contributed by atoms with Crippen LogP contribution in [0.4, 0.5) is 0 Å². The van der Waals surface area contributed by atoms with Crippen molar-refractivity contribution < 1.29 is 68.1 Å². The van der Waals surface area contributed by atoms with Crippen molar-refractivity contribution in [2.75, 3.05) is 44.8 Å². The number of nitrogens with two attached hydrogens (primary N) is 5. The Morgan fingerprint density at radius 3 is 1.59 bits per heavy atom. The van der Waals surface area contributed by atoms with Crippen LogP contribution in [0.5, 0.6) is 0 Å². The monoisotopic (exact) mass is 1030 g/mol. The summed E-state index contributed by atoms with van der Waals surface area (Å²) in [6, 6.07) is -12.5. The van der Waals surface area contributed by atoms with Crippen molar-refractivity contribution in [1.29, 1.82) is 0 Å². The first-order valence-corrected chi connectivity index (χ1v) is 25.2. The molecular weight excluding hydrogens is 955 g/mol. The first kappa shape index (κ1) is 61.4. The van der Waals surface area contributed by atoms with Gasteiger partial charge in [0.25, 0.3) is 0 Å². The van der Waals surface area contributed by atoms with Gasteiger partial charge in [0.15, 0.2) is 0 Å². The van der Waals surface area contributed by atoms with E-state index in [1.54, 1.807) is 6.26 Å². The van der Waals surface area contributed by atoms with Gasteiger partial charge in [0, 0.05) is 19.5 Å². The molecule has 2 aliphatic rings. The highest BCUT2D eigenvalue weighted by atomic mass is 32.2. The normalized spacial score (nSPS) is 18.9. The van der Waals surface area contributed by atoms with Gasteiger partial charge in [0.1, 0.15) is 48.3 Å². The molecular formula is C43H75N13O14S. The molecule has 2 rings (SSSR count). The third-order valence-electron chi connectivity index (χ3n) is 12.0. The molecule has 2 fully saturated rings. The molecule has 71 heavy (non-hydrogen) atoms. The van der Waals surface area contributed by atoms with Crippen LogP contribution in [0, 0.1) is 0 Å². The summed E-state index contributed by atoms with van der Waals surface area (Å²) in [5, 5.41) is 44.6. The molecule has 0 aliphatic carbocycles. The summed E-state index contributed by atoms with van der Waals surface area (Å²) in [7, 11) is 0. The lowest BCUT2D eigenvalue weighted by molar-refractivity contribution is -0.145. The van der Waals surface area contributed by atoms with Gasteiger partial charge >= 0.3 is 5.97 Å². The molecule has 402 valence electrons. The van der Waals surface area contributed by atoms with Crippen LogP contribution in [0.2, 0.25) is 0 Å². The minimum absolute atomic E-state index is 0.0405. The van der Waals surface area contributed by atoms with Crippen LogP contribution in [-0.4, -0.2) is 195 Å². The fourth-order valence-electron chi connectivity index (χ4n) is 8.04. The van der Waals surface area contributed by atoms with E-state index in [1.807, 2.05) is 0 Å². The van der Waals surface area contributed by atoms with Gasteiger partial charge in [-0.3, -0.25) is 47.9 Å². The molecule has 0 bridgehead atoms. The molecule has 0 radical (unpaired) electrons. The average Bonchev–Trinajstić information content (AvgIpc) is 4.02. The molecule has 0 aromatic rings. The van der Waals surface area contributed by atoms with Crippen LogP contribution in [-0.2, 0) is 52.7 Å². The second-order valence-corrected chi connectivity index (χ2v) is 18.6. The van der Waals surface area contributed by atoms with Crippen LogP contribution in [0.1, 0.15) is 96.8 Å². The van der Waals surface area contributed by atoms with E-state index in [2.05, 4.69) is 31.9 Å². The first-order chi connectivity index (χ1) is 33.6. The molecule has 28 heteroatoms. The Morgan fingerprint density at radius 2 is 1.11 bits per heavy atom. The van der Waals surface area contributed by atoms with E-state index < -0.39 is 139 Å². The molecule has 2 aliphatic heterocycles. The van der Waals surface area contributed by atoms with Crippen LogP contribution < -0.4 is 60.6 Å². The van der Waals surface area contributed by atoms with Gasteiger partial charge in [0.2, 0.25) is 59.1 Å². The van der Waals surface area contributed by atoms with E-state index in [0.29, 0.717) is 44.4 Å². The highest BCUT2D eigenvalue weighted by molar-refractivity contribution is 7.98. The van der Waals surface area contributed by atoms with Crippen molar-refractivity contribution in [2.24, 2.45) is 28.7 Å². The molecule has 0 aromatic heterocycles. The van der Waals surface area contributed by atoms with E-state index in [-0.39, 0.29) is 71.0 Å². The van der Waals surface area contributed by atoms with Crippen molar-refractivity contribution in [1.82, 2.24) is 41.7 Å². The maximum absolute atomic E-state index is 14.3. The number of aliphatic carboxylic acids is 1. The minimum atomic E-state index is -1.80. The summed E-state index contributed by atoms with van der Waals surface area (Å²) >= 11 is 1.44. The topological polar surface area (TPSA) is 457 Å². The third kappa shape index (κ3) is 20.2. The Kier molecular flexibility index (Phi) is 27.4. The number of amides is 10. The molecule has 27 nitrogen and oxygen atoms in total. The van der Waals surface area contributed by atoms with Crippen molar-refractivity contribution in [3.63, 3.8) is 0 Å². The van der Waals surface area contributed by atoms with E-state index in [1.165, 1.54) is 16.7 Å². The van der Waals surface area contributed by atoms with Gasteiger partial charge in [0.05, 0.1) is 25.2 Å². The number of rotatable bonds is 33. The number of nitrogens with one attached hydrogen (secondary N) is 6. The van der Waals surface area contributed by atoms with Gasteiger partial charge in [-0.05, 0) is 109 Å². The summed E-state index contributed by atoms with van der Waals surface area (Å²) in [6.45, 7) is 0.802. The zero-order valence-corrected chi connectivity index (χ0v) is 41.3. The highest BCUT2D eigenvalue weighted by Gasteiger charge is 2.43. The van der Waals surface area contributed by atoms with Crippen LogP contribution in [0.3, 0.4) is 0 Å². The van der Waals surface area contributed by atoms with E-state index in [9.17, 15) is 68.1 Å². The summed E-state index contributed by atoms with van der Waals surface area (Å²) in [5.41, 5.74) is 27.9. The number of carboxylic acids is 1. The maximum atomic E-state index is 14.3. The highest BCUT2D eigenvalue weighted by Crippen LogP contribution is 2.23. The van der Waals surface area contributed by atoms with E-state index in [4.69, 9.17) is 28.7 Å². The Morgan fingerprint density at radius 1 is 0.620 bits per heavy atom. The van der Waals surface area contributed by atoms with E-state index >= 15 is 0 Å². The van der Waals surface area contributed by atoms with Crippen molar-refractivity contribution in [3.8, 4) is 0 Å². The van der Waals surface area contributed by atoms with E-state index in [0.717, 1.165) is 11.8 Å². The zero-order valence-electron chi connectivity index (χ0n) is 40.4. The first-order valence-electron chi connectivity index (χ1n) is 23.8. The van der Waals surface area contributed by atoms with Gasteiger partial charge in [-0.25, -0.2) is 4.79 Å². The summed E-state index contributed by atoms with van der Waals surface area (Å²) in [5.74, 6) is -9.68. The molecule has 2 saturated heterocycles. The molecule has 0 saturated carbocycles. The van der Waals surface area contributed by atoms with Crippen molar-refractivity contribution >= 4 is 76.8 Å². The number of primary amides is 2. The predicted molar refractivity (Wildman–Crippen MR) is 256 cm³/mol. The number of carbonyl (C=O) groups is 11. The molecule has 0 unspecified atom stereocenters. The second-order valence-electron chi connectivity index (χ2n) is 17.6. The summed E-state index contributed by atoms with van der Waals surface area (Å²) in [4.78, 5) is 147. The number of carbonyl (C=O) groups excluding carboxylic acids is 10.